The average molecular weight is 425 g/mol. The van der Waals surface area contributed by atoms with Crippen LogP contribution in [0.2, 0.25) is 0 Å². The number of para-hydroxylation sites is 2. The zero-order chi connectivity index (χ0) is 21.7. The molecule has 0 radical (unpaired) electrons. The molecule has 1 unspecified atom stereocenters. The molecule has 2 N–H and O–H groups in total. The lowest BCUT2D eigenvalue weighted by molar-refractivity contribution is -0.122. The van der Waals surface area contributed by atoms with Gasteiger partial charge in [-0.2, -0.15) is 0 Å². The predicted molar refractivity (Wildman–Crippen MR) is 118 cm³/mol. The molecule has 3 aromatic rings. The van der Waals surface area contributed by atoms with E-state index in [2.05, 4.69) is 10.0 Å². The van der Waals surface area contributed by atoms with Crippen LogP contribution in [0.5, 0.6) is 5.75 Å². The van der Waals surface area contributed by atoms with Crippen LogP contribution >= 0.6 is 0 Å². The minimum atomic E-state index is -3.71. The van der Waals surface area contributed by atoms with Gasteiger partial charge in [0.25, 0.3) is 15.9 Å². The number of nitrogens with one attached hydrogen (secondary N) is 2. The number of hydrogen-bond acceptors (Lipinski definition) is 4. The van der Waals surface area contributed by atoms with Gasteiger partial charge in [0, 0.05) is 11.4 Å². The molecule has 0 aliphatic heterocycles. The summed E-state index contributed by atoms with van der Waals surface area (Å²) < 4.78 is 33.3. The largest absolute Gasteiger partial charge is 0.480 e. The van der Waals surface area contributed by atoms with E-state index in [1.54, 1.807) is 49.4 Å². The summed E-state index contributed by atoms with van der Waals surface area (Å²) in [5.74, 6) is 0.365. The number of ether oxygens (including phenoxy) is 1. The molecule has 7 heteroatoms. The Bertz CT molecular complexity index is 1110. The van der Waals surface area contributed by atoms with E-state index in [1.807, 2.05) is 32.0 Å². The molecule has 0 aromatic heterocycles. The molecule has 0 heterocycles. The lowest BCUT2D eigenvalue weighted by atomic mass is 10.1. The van der Waals surface area contributed by atoms with Crippen LogP contribution in [0.4, 0.5) is 11.4 Å². The van der Waals surface area contributed by atoms with Gasteiger partial charge in [-0.25, -0.2) is 8.42 Å². The number of aryl methyl sites for hydroxylation is 2. The normalized spacial score (nSPS) is 12.1. The Labute approximate surface area is 177 Å². The fraction of sp³-hybridized carbons (Fsp3) is 0.174. The van der Waals surface area contributed by atoms with Crippen molar-refractivity contribution in [1.82, 2.24) is 0 Å². The Kier molecular flexibility index (Phi) is 6.42. The van der Waals surface area contributed by atoms with E-state index in [0.29, 0.717) is 17.1 Å². The molecular weight excluding hydrogens is 400 g/mol. The molecule has 6 nitrogen and oxygen atoms in total. The minimum absolute atomic E-state index is 0.101. The molecule has 0 saturated heterocycles. The molecule has 156 valence electrons. The molecule has 1 amide bonds. The highest BCUT2D eigenvalue weighted by Crippen LogP contribution is 2.24. The quantitative estimate of drug-likeness (QED) is 0.584. The van der Waals surface area contributed by atoms with Gasteiger partial charge >= 0.3 is 0 Å². The summed E-state index contributed by atoms with van der Waals surface area (Å²) in [4.78, 5) is 12.6. The number of carbonyl (C=O) groups is 1. The van der Waals surface area contributed by atoms with Crippen LogP contribution in [-0.2, 0) is 14.8 Å². The highest BCUT2D eigenvalue weighted by molar-refractivity contribution is 7.92. The van der Waals surface area contributed by atoms with Crippen molar-refractivity contribution in [2.24, 2.45) is 0 Å². The molecule has 0 fully saturated rings. The fourth-order valence-electron chi connectivity index (χ4n) is 2.90. The highest BCUT2D eigenvalue weighted by atomic mass is 32.2. The number of hydrogen-bond donors (Lipinski definition) is 2. The summed E-state index contributed by atoms with van der Waals surface area (Å²) in [5.41, 5.74) is 2.87. The number of sulfonamides is 1. The lowest BCUT2D eigenvalue weighted by Crippen LogP contribution is -2.30. The maximum Gasteiger partial charge on any atom is 0.265 e. The van der Waals surface area contributed by atoms with E-state index < -0.39 is 16.1 Å². The molecule has 30 heavy (non-hydrogen) atoms. The van der Waals surface area contributed by atoms with E-state index in [4.69, 9.17) is 4.74 Å². The summed E-state index contributed by atoms with van der Waals surface area (Å²) in [6, 6.07) is 20.4. The van der Waals surface area contributed by atoms with Gasteiger partial charge in [0.1, 0.15) is 5.75 Å². The Morgan fingerprint density at radius 2 is 1.43 bits per heavy atom. The van der Waals surface area contributed by atoms with Crippen LogP contribution in [0.3, 0.4) is 0 Å². The van der Waals surface area contributed by atoms with Gasteiger partial charge in [-0.1, -0.05) is 36.4 Å². The standard InChI is InChI=1S/C23H24N2O4S/c1-16-8-7-9-17(2)22(16)29-18(3)23(26)24-19-12-14-21(15-13-19)30(27,28)25-20-10-5-4-6-11-20/h4-15,18,25H,1-3H3,(H,24,26). The van der Waals surface area contributed by atoms with Crippen molar-refractivity contribution < 1.29 is 17.9 Å². The third kappa shape index (κ3) is 5.18. The second kappa shape index (κ2) is 9.00. The summed E-state index contributed by atoms with van der Waals surface area (Å²) >= 11 is 0. The van der Waals surface area contributed by atoms with Gasteiger partial charge < -0.3 is 10.1 Å². The van der Waals surface area contributed by atoms with E-state index in [-0.39, 0.29) is 10.8 Å². The predicted octanol–water partition coefficient (Wildman–Crippen LogP) is 4.51. The van der Waals surface area contributed by atoms with Crippen molar-refractivity contribution in [2.75, 3.05) is 10.0 Å². The first-order valence-corrected chi connectivity index (χ1v) is 11.0. The molecule has 0 bridgehead atoms. The van der Waals surface area contributed by atoms with Crippen molar-refractivity contribution in [1.29, 1.82) is 0 Å². The summed E-state index contributed by atoms with van der Waals surface area (Å²) in [7, 11) is -3.71. The minimum Gasteiger partial charge on any atom is -0.480 e. The molecule has 0 saturated carbocycles. The molecule has 0 spiro atoms. The molecule has 3 aromatic carbocycles. The Morgan fingerprint density at radius 3 is 2.03 bits per heavy atom. The first-order chi connectivity index (χ1) is 14.3. The second-order valence-electron chi connectivity index (χ2n) is 6.97. The van der Waals surface area contributed by atoms with E-state index in [9.17, 15) is 13.2 Å². The van der Waals surface area contributed by atoms with Gasteiger partial charge in [-0.05, 0) is 68.3 Å². The second-order valence-corrected chi connectivity index (χ2v) is 8.65. The van der Waals surface area contributed by atoms with Crippen molar-refractivity contribution in [3.63, 3.8) is 0 Å². The van der Waals surface area contributed by atoms with Crippen molar-refractivity contribution >= 4 is 27.3 Å². The van der Waals surface area contributed by atoms with Crippen LogP contribution in [0, 0.1) is 13.8 Å². The average Bonchev–Trinajstić information content (AvgIpc) is 2.71. The van der Waals surface area contributed by atoms with Crippen LogP contribution in [0.15, 0.2) is 77.7 Å². The van der Waals surface area contributed by atoms with E-state index in [0.717, 1.165) is 11.1 Å². The zero-order valence-corrected chi connectivity index (χ0v) is 17.9. The molecule has 1 atom stereocenters. The number of benzene rings is 3. The number of carbonyl (C=O) groups excluding carboxylic acids is 1. The van der Waals surface area contributed by atoms with Crippen LogP contribution < -0.4 is 14.8 Å². The number of rotatable bonds is 7. The Morgan fingerprint density at radius 1 is 0.833 bits per heavy atom. The fourth-order valence-corrected chi connectivity index (χ4v) is 3.96. The summed E-state index contributed by atoms with van der Waals surface area (Å²) in [6.07, 6.45) is -0.715. The molecule has 0 aliphatic rings. The number of amides is 1. The summed E-state index contributed by atoms with van der Waals surface area (Å²) in [5, 5.41) is 2.75. The molecular formula is C23H24N2O4S. The van der Waals surface area contributed by atoms with Crippen LogP contribution in [0.1, 0.15) is 18.1 Å². The maximum atomic E-state index is 12.5. The SMILES string of the molecule is Cc1cccc(C)c1OC(C)C(=O)Nc1ccc(S(=O)(=O)Nc2ccccc2)cc1. The van der Waals surface area contributed by atoms with E-state index in [1.165, 1.54) is 12.1 Å². The first-order valence-electron chi connectivity index (χ1n) is 9.48. The van der Waals surface area contributed by atoms with E-state index >= 15 is 0 Å². The van der Waals surface area contributed by atoms with Gasteiger partial charge in [-0.3, -0.25) is 9.52 Å². The number of anilines is 2. The first kappa shape index (κ1) is 21.4. The third-order valence-corrected chi connectivity index (χ3v) is 5.93. The van der Waals surface area contributed by atoms with Crippen molar-refractivity contribution in [3.8, 4) is 5.75 Å². The topological polar surface area (TPSA) is 84.5 Å². The Hall–Kier alpha value is -3.32. The van der Waals surface area contributed by atoms with Crippen LogP contribution in [-0.4, -0.2) is 20.4 Å². The monoisotopic (exact) mass is 424 g/mol. The van der Waals surface area contributed by atoms with Crippen molar-refractivity contribution in [3.05, 3.63) is 83.9 Å². The van der Waals surface area contributed by atoms with Gasteiger partial charge in [-0.15, -0.1) is 0 Å². The molecule has 0 aliphatic carbocycles. The zero-order valence-electron chi connectivity index (χ0n) is 17.0. The smallest absolute Gasteiger partial charge is 0.265 e. The highest BCUT2D eigenvalue weighted by Gasteiger charge is 2.18. The van der Waals surface area contributed by atoms with Gasteiger partial charge in [0.15, 0.2) is 6.10 Å². The van der Waals surface area contributed by atoms with Gasteiger partial charge in [0.05, 0.1) is 4.90 Å². The van der Waals surface area contributed by atoms with Crippen LogP contribution in [0.25, 0.3) is 0 Å². The Balaban J connectivity index is 1.65. The lowest BCUT2D eigenvalue weighted by Gasteiger charge is -2.18. The summed E-state index contributed by atoms with van der Waals surface area (Å²) in [6.45, 7) is 5.52. The third-order valence-electron chi connectivity index (χ3n) is 4.53. The van der Waals surface area contributed by atoms with Gasteiger partial charge in [0.2, 0.25) is 0 Å². The van der Waals surface area contributed by atoms with Crippen molar-refractivity contribution in [2.45, 2.75) is 31.8 Å². The molecule has 3 rings (SSSR count). The maximum absolute atomic E-state index is 12.5.